The molecule has 0 aliphatic rings. The number of rotatable bonds is 8. The molecule has 2 unspecified atom stereocenters. The molecule has 0 fully saturated rings. The van der Waals surface area contributed by atoms with Gasteiger partial charge in [-0.25, -0.2) is 4.79 Å². The second-order valence-corrected chi connectivity index (χ2v) is 3.33. The highest BCUT2D eigenvalue weighted by molar-refractivity contribution is 5.76. The molecule has 0 rings (SSSR count). The third-order valence-electron chi connectivity index (χ3n) is 2.00. The molecular weight excluding hydrogens is 216 g/mol. The van der Waals surface area contributed by atoms with E-state index in [9.17, 15) is 14.4 Å². The van der Waals surface area contributed by atoms with Crippen LogP contribution < -0.4 is 0 Å². The molecule has 92 valence electrons. The average Bonchev–Trinajstić information content (AvgIpc) is 2.23. The minimum absolute atomic E-state index is 0.145. The normalized spacial score (nSPS) is 13.6. The molecule has 0 spiro atoms. The molecule has 0 aromatic heterocycles. The van der Waals surface area contributed by atoms with Crippen LogP contribution in [0.5, 0.6) is 0 Å². The van der Waals surface area contributed by atoms with E-state index in [4.69, 9.17) is 9.84 Å². The van der Waals surface area contributed by atoms with E-state index in [1.54, 1.807) is 0 Å². The van der Waals surface area contributed by atoms with Gasteiger partial charge in [-0.2, -0.15) is 0 Å². The molecule has 0 aliphatic heterocycles. The van der Waals surface area contributed by atoms with Crippen molar-refractivity contribution in [1.29, 1.82) is 0 Å². The van der Waals surface area contributed by atoms with Crippen molar-refractivity contribution in [1.82, 2.24) is 0 Å². The number of esters is 1. The van der Waals surface area contributed by atoms with Crippen molar-refractivity contribution in [3.05, 3.63) is 0 Å². The first-order chi connectivity index (χ1) is 7.52. The molecule has 0 aliphatic carbocycles. The number of carbonyl (C=O) groups excluding carboxylic acids is 2. The van der Waals surface area contributed by atoms with Crippen LogP contribution in [0.4, 0.5) is 0 Å². The van der Waals surface area contributed by atoms with Crippen LogP contribution in [0.2, 0.25) is 0 Å². The summed E-state index contributed by atoms with van der Waals surface area (Å²) in [5.74, 6) is -2.45. The van der Waals surface area contributed by atoms with Gasteiger partial charge in [-0.3, -0.25) is 9.59 Å². The maximum Gasteiger partial charge on any atom is 0.347 e. The maximum absolute atomic E-state index is 11.2. The first-order valence-electron chi connectivity index (χ1n) is 5.01. The van der Waals surface area contributed by atoms with Gasteiger partial charge in [0.15, 0.2) is 6.10 Å². The van der Waals surface area contributed by atoms with Gasteiger partial charge < -0.3 is 14.6 Å². The first-order valence-corrected chi connectivity index (χ1v) is 5.01. The lowest BCUT2D eigenvalue weighted by Crippen LogP contribution is -2.27. The largest absolute Gasteiger partial charge is 0.481 e. The van der Waals surface area contributed by atoms with E-state index in [1.807, 2.05) is 6.92 Å². The molecule has 0 radical (unpaired) electrons. The van der Waals surface area contributed by atoms with Gasteiger partial charge in [0.25, 0.3) is 6.47 Å². The standard InChI is InChI=1S/C10H16O6/c1-3-4-8(9(12)13)5-15-10(14)7(2)16-6-11/h6-8H,3-5H2,1-2H3,(H,12,13). The maximum atomic E-state index is 11.2. The Kier molecular flexibility index (Phi) is 6.91. The molecule has 0 saturated carbocycles. The fraction of sp³-hybridized carbons (Fsp3) is 0.700. The molecule has 0 bridgehead atoms. The average molecular weight is 232 g/mol. The van der Waals surface area contributed by atoms with Crippen molar-refractivity contribution in [3.63, 3.8) is 0 Å². The summed E-state index contributed by atoms with van der Waals surface area (Å²) >= 11 is 0. The van der Waals surface area contributed by atoms with Gasteiger partial charge in [0.05, 0.1) is 5.92 Å². The number of hydrogen-bond acceptors (Lipinski definition) is 5. The number of carbonyl (C=O) groups is 3. The molecule has 6 heteroatoms. The zero-order valence-corrected chi connectivity index (χ0v) is 9.34. The molecule has 0 amide bonds. The Morgan fingerprint density at radius 1 is 1.44 bits per heavy atom. The van der Waals surface area contributed by atoms with Crippen molar-refractivity contribution in [3.8, 4) is 0 Å². The zero-order chi connectivity index (χ0) is 12.6. The Morgan fingerprint density at radius 2 is 2.06 bits per heavy atom. The van der Waals surface area contributed by atoms with Crippen LogP contribution in [0.15, 0.2) is 0 Å². The summed E-state index contributed by atoms with van der Waals surface area (Å²) < 4.78 is 9.08. The third-order valence-corrected chi connectivity index (χ3v) is 2.00. The smallest absolute Gasteiger partial charge is 0.347 e. The highest BCUT2D eigenvalue weighted by Gasteiger charge is 2.21. The topological polar surface area (TPSA) is 89.9 Å². The van der Waals surface area contributed by atoms with E-state index in [-0.39, 0.29) is 13.1 Å². The van der Waals surface area contributed by atoms with Crippen molar-refractivity contribution < 1.29 is 29.0 Å². The summed E-state index contributed by atoms with van der Waals surface area (Å²) in [6.45, 7) is 3.14. The summed E-state index contributed by atoms with van der Waals surface area (Å²) in [5.41, 5.74) is 0. The minimum Gasteiger partial charge on any atom is -0.481 e. The fourth-order valence-electron chi connectivity index (χ4n) is 1.07. The molecule has 6 nitrogen and oxygen atoms in total. The Bertz CT molecular complexity index is 250. The van der Waals surface area contributed by atoms with Crippen molar-refractivity contribution >= 4 is 18.4 Å². The molecule has 2 atom stereocenters. The molecule has 0 heterocycles. The van der Waals surface area contributed by atoms with Gasteiger partial charge in [0, 0.05) is 0 Å². The summed E-state index contributed by atoms with van der Waals surface area (Å²) in [7, 11) is 0. The number of carboxylic acid groups (broad SMARTS) is 1. The summed E-state index contributed by atoms with van der Waals surface area (Å²) in [6.07, 6.45) is 0.119. The Morgan fingerprint density at radius 3 is 2.50 bits per heavy atom. The lowest BCUT2D eigenvalue weighted by molar-refractivity contribution is -0.163. The SMILES string of the molecule is CCCC(COC(=O)C(C)OC=O)C(=O)O. The van der Waals surface area contributed by atoms with Crippen molar-refractivity contribution in [2.45, 2.75) is 32.8 Å². The lowest BCUT2D eigenvalue weighted by atomic mass is 10.1. The van der Waals surface area contributed by atoms with Gasteiger partial charge in [0.2, 0.25) is 0 Å². The van der Waals surface area contributed by atoms with E-state index < -0.39 is 24.0 Å². The van der Waals surface area contributed by atoms with Gasteiger partial charge in [-0.1, -0.05) is 13.3 Å². The molecular formula is C10H16O6. The highest BCUT2D eigenvalue weighted by atomic mass is 16.6. The second kappa shape index (κ2) is 7.67. The quantitative estimate of drug-likeness (QED) is 0.486. The van der Waals surface area contributed by atoms with Crippen LogP contribution in [0.1, 0.15) is 26.7 Å². The predicted octanol–water partition coefficient (Wildman–Crippen LogP) is 0.592. The van der Waals surface area contributed by atoms with E-state index in [0.717, 1.165) is 0 Å². The number of hydrogen-bond donors (Lipinski definition) is 1. The number of ether oxygens (including phenoxy) is 2. The zero-order valence-electron chi connectivity index (χ0n) is 9.34. The number of aliphatic carboxylic acids is 1. The minimum atomic E-state index is -1.01. The predicted molar refractivity (Wildman–Crippen MR) is 53.6 cm³/mol. The van der Waals surface area contributed by atoms with Crippen LogP contribution in [-0.2, 0) is 23.9 Å². The first kappa shape index (κ1) is 14.4. The van der Waals surface area contributed by atoms with Crippen LogP contribution >= 0.6 is 0 Å². The van der Waals surface area contributed by atoms with E-state index in [2.05, 4.69) is 4.74 Å². The van der Waals surface area contributed by atoms with Gasteiger partial charge in [-0.05, 0) is 13.3 Å². The van der Waals surface area contributed by atoms with Crippen molar-refractivity contribution in [2.24, 2.45) is 5.92 Å². The Labute approximate surface area is 93.5 Å². The van der Waals surface area contributed by atoms with E-state index in [1.165, 1.54) is 6.92 Å². The molecule has 0 aromatic carbocycles. The highest BCUT2D eigenvalue weighted by Crippen LogP contribution is 2.08. The summed E-state index contributed by atoms with van der Waals surface area (Å²) in [6, 6.07) is 0. The van der Waals surface area contributed by atoms with Crippen molar-refractivity contribution in [2.75, 3.05) is 6.61 Å². The lowest BCUT2D eigenvalue weighted by Gasteiger charge is -2.13. The molecule has 16 heavy (non-hydrogen) atoms. The second-order valence-electron chi connectivity index (χ2n) is 3.33. The summed E-state index contributed by atoms with van der Waals surface area (Å²) in [4.78, 5) is 31.8. The molecule has 1 N–H and O–H groups in total. The Hall–Kier alpha value is -1.59. The van der Waals surface area contributed by atoms with Crippen LogP contribution in [0.3, 0.4) is 0 Å². The summed E-state index contributed by atoms with van der Waals surface area (Å²) in [5, 5.41) is 8.78. The number of carboxylic acids is 1. The van der Waals surface area contributed by atoms with E-state index in [0.29, 0.717) is 12.8 Å². The van der Waals surface area contributed by atoms with Gasteiger partial charge in [-0.15, -0.1) is 0 Å². The van der Waals surface area contributed by atoms with Gasteiger partial charge >= 0.3 is 11.9 Å². The van der Waals surface area contributed by atoms with Crippen LogP contribution in [0, 0.1) is 5.92 Å². The monoisotopic (exact) mass is 232 g/mol. The fourth-order valence-corrected chi connectivity index (χ4v) is 1.07. The van der Waals surface area contributed by atoms with Crippen LogP contribution in [0.25, 0.3) is 0 Å². The molecule has 0 saturated heterocycles. The van der Waals surface area contributed by atoms with Gasteiger partial charge in [0.1, 0.15) is 6.61 Å². The molecule has 0 aromatic rings. The van der Waals surface area contributed by atoms with Crippen LogP contribution in [-0.4, -0.2) is 36.2 Å². The third kappa shape index (κ3) is 5.33. The van der Waals surface area contributed by atoms with E-state index >= 15 is 0 Å². The Balaban J connectivity index is 4.04.